The van der Waals surface area contributed by atoms with Crippen molar-refractivity contribution in [3.8, 4) is 89.0 Å². The maximum absolute atomic E-state index is 2.52. The van der Waals surface area contributed by atoms with Crippen molar-refractivity contribution in [1.29, 1.82) is 0 Å². The third-order valence-corrected chi connectivity index (χ3v) is 20.4. The third-order valence-electron chi connectivity index (χ3n) is 20.4. The molecule has 17 rings (SSSR count). The maximum atomic E-state index is 2.52. The van der Waals surface area contributed by atoms with Crippen LogP contribution in [0.15, 0.2) is 328 Å². The summed E-state index contributed by atoms with van der Waals surface area (Å²) in [4.78, 5) is 0. The molecule has 0 aromatic heterocycles. The van der Waals surface area contributed by atoms with Crippen molar-refractivity contribution in [2.75, 3.05) is 0 Å². The molecule has 0 saturated carbocycles. The Morgan fingerprint density at radius 3 is 0.804 bits per heavy atom. The summed E-state index contributed by atoms with van der Waals surface area (Å²) in [5.41, 5.74) is 33.6. The Kier molecular flexibility index (Phi) is 13.0. The summed E-state index contributed by atoms with van der Waals surface area (Å²) in [5.74, 6) is 0. The molecule has 0 radical (unpaired) electrons. The maximum Gasteiger partial charge on any atom is 0.0713 e. The lowest BCUT2D eigenvalue weighted by Crippen LogP contribution is -2.28. The van der Waals surface area contributed by atoms with Crippen LogP contribution in [0.25, 0.3) is 111 Å². The highest BCUT2D eigenvalue weighted by atomic mass is 14.5. The lowest BCUT2D eigenvalue weighted by atomic mass is 9.67. The zero-order chi connectivity index (χ0) is 61.7. The quantitative estimate of drug-likeness (QED) is 0.120. The third kappa shape index (κ3) is 8.66. The number of hydrogen-bond acceptors (Lipinski definition) is 0. The van der Waals surface area contributed by atoms with Crippen molar-refractivity contribution >= 4 is 21.5 Å². The second kappa shape index (κ2) is 21.8. The molecule has 2 aliphatic carbocycles. The largest absolute Gasteiger partial charge is 0.0713 e. The Bertz CT molecular complexity index is 5010. The first-order valence-corrected chi connectivity index (χ1v) is 32.4. The molecule has 0 saturated heterocycles. The molecule has 0 heteroatoms. The zero-order valence-corrected chi connectivity index (χ0v) is 52.2. The van der Waals surface area contributed by atoms with E-state index in [1.54, 1.807) is 0 Å². The fraction of sp³-hybridized carbons (Fsp3) is 0.0652. The van der Waals surface area contributed by atoms with Crippen LogP contribution < -0.4 is 0 Å². The van der Waals surface area contributed by atoms with E-state index in [1.165, 1.54) is 177 Å². The highest BCUT2D eigenvalue weighted by molar-refractivity contribution is 6.22. The van der Waals surface area contributed by atoms with Gasteiger partial charge in [0, 0.05) is 0 Å². The summed E-state index contributed by atoms with van der Waals surface area (Å²) in [6.45, 7) is 8.75. The summed E-state index contributed by atoms with van der Waals surface area (Å²) in [7, 11) is 0. The normalized spacial score (nSPS) is 15.3. The van der Waals surface area contributed by atoms with Gasteiger partial charge < -0.3 is 0 Å². The number of rotatable bonds is 10. The van der Waals surface area contributed by atoms with Gasteiger partial charge in [0.1, 0.15) is 0 Å². The van der Waals surface area contributed by atoms with Gasteiger partial charge in [-0.05, 0) is 207 Å². The molecule has 0 heterocycles. The minimum Gasteiger partial charge on any atom is -0.0622 e. The molecule has 0 fully saturated rings. The summed E-state index contributed by atoms with van der Waals surface area (Å²) >= 11 is 0. The van der Waals surface area contributed by atoms with Crippen molar-refractivity contribution in [3.63, 3.8) is 0 Å². The lowest BCUT2D eigenvalue weighted by Gasteiger charge is -2.34. The zero-order valence-electron chi connectivity index (χ0n) is 52.2. The number of fused-ring (bicyclic) bond motifs is 8. The van der Waals surface area contributed by atoms with Crippen molar-refractivity contribution in [2.24, 2.45) is 0 Å². The lowest BCUT2D eigenvalue weighted by molar-refractivity contribution is 0.768. The van der Waals surface area contributed by atoms with E-state index >= 15 is 0 Å². The summed E-state index contributed by atoms with van der Waals surface area (Å²) in [5, 5.41) is 4.90. The Balaban J connectivity index is 0.873. The van der Waals surface area contributed by atoms with Crippen molar-refractivity contribution < 1.29 is 0 Å². The molecule has 2 unspecified atom stereocenters. The van der Waals surface area contributed by atoms with E-state index in [9.17, 15) is 0 Å². The van der Waals surface area contributed by atoms with Crippen LogP contribution in [0.5, 0.6) is 0 Å². The van der Waals surface area contributed by atoms with Gasteiger partial charge in [-0.2, -0.15) is 0 Å². The van der Waals surface area contributed by atoms with E-state index in [1.807, 2.05) is 0 Å². The smallest absolute Gasteiger partial charge is 0.0622 e. The van der Waals surface area contributed by atoms with Crippen LogP contribution in [-0.4, -0.2) is 0 Å². The van der Waals surface area contributed by atoms with E-state index in [4.69, 9.17) is 0 Å². The van der Waals surface area contributed by atoms with Gasteiger partial charge in [-0.15, -0.1) is 0 Å². The summed E-state index contributed by atoms with van der Waals surface area (Å²) < 4.78 is 0. The van der Waals surface area contributed by atoms with Crippen molar-refractivity contribution in [3.05, 3.63) is 394 Å². The second-order valence-corrected chi connectivity index (χ2v) is 25.7. The molecule has 0 nitrogen and oxygen atoms in total. The van der Waals surface area contributed by atoms with Gasteiger partial charge in [0.15, 0.2) is 0 Å². The Morgan fingerprint density at radius 2 is 0.435 bits per heavy atom. The van der Waals surface area contributed by atoms with Crippen molar-refractivity contribution in [1.82, 2.24) is 0 Å². The summed E-state index contributed by atoms with van der Waals surface area (Å²) in [6, 6.07) is 125. The van der Waals surface area contributed by atoms with Gasteiger partial charge >= 0.3 is 0 Å². The first-order valence-electron chi connectivity index (χ1n) is 32.4. The molecule has 434 valence electrons. The minimum absolute atomic E-state index is 0.569. The summed E-state index contributed by atoms with van der Waals surface area (Å²) in [6.07, 6.45) is 0. The van der Waals surface area contributed by atoms with Crippen LogP contribution in [0.2, 0.25) is 0 Å². The van der Waals surface area contributed by atoms with Gasteiger partial charge in [0.2, 0.25) is 0 Å². The molecule has 0 amide bonds. The van der Waals surface area contributed by atoms with E-state index in [0.717, 1.165) is 0 Å². The molecule has 15 aromatic carbocycles. The van der Waals surface area contributed by atoms with Gasteiger partial charge in [0.25, 0.3) is 0 Å². The Hall–Kier alpha value is -11.2. The molecule has 2 aliphatic rings. The second-order valence-electron chi connectivity index (χ2n) is 25.7. The van der Waals surface area contributed by atoms with Gasteiger partial charge in [-0.25, -0.2) is 0 Å². The van der Waals surface area contributed by atoms with Crippen LogP contribution in [0.1, 0.15) is 66.8 Å². The Labute approximate surface area is 540 Å². The fourth-order valence-corrected chi connectivity index (χ4v) is 15.8. The average Bonchev–Trinajstić information content (AvgIpc) is 1.46. The topological polar surface area (TPSA) is 0 Å². The van der Waals surface area contributed by atoms with Crippen LogP contribution in [-0.2, 0) is 10.8 Å². The van der Waals surface area contributed by atoms with E-state index < -0.39 is 10.8 Å². The highest BCUT2D eigenvalue weighted by Gasteiger charge is 2.48. The highest BCUT2D eigenvalue weighted by Crippen LogP contribution is 2.59. The first kappa shape index (κ1) is 54.9. The van der Waals surface area contributed by atoms with E-state index in [0.29, 0.717) is 0 Å². The monoisotopic (exact) mass is 1170 g/mol. The molecule has 2 atom stereocenters. The SMILES string of the molecule is Cc1ccc(-c2c3ccc(-c4ccc5c(c4)C(c4ccc(C)cc4)(c4ccc(-c6ccccc6)cc4)c4ccccc4-5)cc3c(-c3ccc(C)cc3)c3ccc(-c4ccc5c(c4)C(c4ccc(C)cc4)(c4ccc(-c6ccccc6)cc4)c4ccccc4-5)cc23)cc1. The molecule has 0 aliphatic heterocycles. The van der Waals surface area contributed by atoms with E-state index in [2.05, 4.69) is 355 Å². The standard InChI is InChI=1S/C92H66/c1-59-23-31-67(32-24-59)89-81-53-41-70(72-40-52-80-78-20-12-14-22-86(78)92(88(80)58-72,74-45-29-62(4)30-46-74)76-49-37-66(38-50-76)64-17-9-6-10-18-64)56-84(81)90(68-33-25-60(2)26-34-68)82-54-42-69(55-83(82)89)71-39-51-79-77-19-11-13-21-85(77)91(87(79)57-71,73-43-27-61(3)28-44-73)75-47-35-65(36-48-75)63-15-7-5-8-16-63/h5-58H,1-4H3. The fourth-order valence-electron chi connectivity index (χ4n) is 15.8. The van der Waals surface area contributed by atoms with Gasteiger partial charge in [0.05, 0.1) is 10.8 Å². The van der Waals surface area contributed by atoms with Crippen LogP contribution >= 0.6 is 0 Å². The molecule has 0 bridgehead atoms. The van der Waals surface area contributed by atoms with Gasteiger partial charge in [-0.3, -0.25) is 0 Å². The number of benzene rings is 15. The van der Waals surface area contributed by atoms with E-state index in [-0.39, 0.29) is 0 Å². The van der Waals surface area contributed by atoms with Crippen LogP contribution in [0.3, 0.4) is 0 Å². The minimum atomic E-state index is -0.569. The average molecular weight is 1170 g/mol. The molecule has 92 heavy (non-hydrogen) atoms. The van der Waals surface area contributed by atoms with Crippen LogP contribution in [0.4, 0.5) is 0 Å². The molecular formula is C92H66. The molecule has 15 aromatic rings. The Morgan fingerprint density at radius 1 is 0.174 bits per heavy atom. The number of aryl methyl sites for hydroxylation is 4. The van der Waals surface area contributed by atoms with Crippen molar-refractivity contribution in [2.45, 2.75) is 38.5 Å². The first-order chi connectivity index (χ1) is 45.2. The number of hydrogen-bond donors (Lipinski definition) is 0. The molecule has 0 N–H and O–H groups in total. The molecule has 0 spiro atoms. The van der Waals surface area contributed by atoms with Gasteiger partial charge in [-0.1, -0.05) is 326 Å². The predicted octanol–water partition coefficient (Wildman–Crippen LogP) is 24.0. The molecular weight excluding hydrogens is 1110 g/mol. The van der Waals surface area contributed by atoms with Crippen LogP contribution in [0, 0.1) is 27.7 Å². The predicted molar refractivity (Wildman–Crippen MR) is 388 cm³/mol.